The highest BCUT2D eigenvalue weighted by Crippen LogP contribution is 2.20. The van der Waals surface area contributed by atoms with Crippen LogP contribution in [-0.4, -0.2) is 64.5 Å². The molecule has 1 amide bonds. The highest BCUT2D eigenvalue weighted by atomic mass is 16.5. The molecule has 0 unspecified atom stereocenters. The summed E-state index contributed by atoms with van der Waals surface area (Å²) in [7, 11) is 0. The van der Waals surface area contributed by atoms with Crippen molar-refractivity contribution in [3.8, 4) is 0 Å². The highest BCUT2D eigenvalue weighted by molar-refractivity contribution is 6.06. The van der Waals surface area contributed by atoms with Gasteiger partial charge in [0, 0.05) is 36.8 Å². The SMILES string of the molecule is Cc1cc(C)n(Cc2cc(C(=O)N[C@@H](C)CN3CCOCC3)c3ccccc3n2)n1. The van der Waals surface area contributed by atoms with E-state index in [2.05, 4.69) is 15.3 Å². The zero-order valence-electron chi connectivity index (χ0n) is 17.9. The first-order valence-electron chi connectivity index (χ1n) is 10.5. The molecule has 1 aliphatic rings. The third kappa shape index (κ3) is 4.68. The van der Waals surface area contributed by atoms with Crippen molar-refractivity contribution in [2.75, 3.05) is 32.8 Å². The summed E-state index contributed by atoms with van der Waals surface area (Å²) in [5.74, 6) is -0.0658. The van der Waals surface area contributed by atoms with E-state index in [0.29, 0.717) is 12.1 Å². The summed E-state index contributed by atoms with van der Waals surface area (Å²) in [6, 6.07) is 11.8. The van der Waals surface area contributed by atoms with Crippen LogP contribution < -0.4 is 5.32 Å². The van der Waals surface area contributed by atoms with Crippen LogP contribution in [0.3, 0.4) is 0 Å². The fourth-order valence-corrected chi connectivity index (χ4v) is 4.01. The molecule has 30 heavy (non-hydrogen) atoms. The first-order valence-corrected chi connectivity index (χ1v) is 10.5. The lowest BCUT2D eigenvalue weighted by molar-refractivity contribution is 0.0342. The van der Waals surface area contributed by atoms with Gasteiger partial charge in [-0.3, -0.25) is 19.4 Å². The fraction of sp³-hybridized carbons (Fsp3) is 0.435. The van der Waals surface area contributed by atoms with Gasteiger partial charge in [0.2, 0.25) is 0 Å². The molecular formula is C23H29N5O2. The molecule has 1 saturated heterocycles. The summed E-state index contributed by atoms with van der Waals surface area (Å²) in [6.07, 6.45) is 0. The molecule has 7 heteroatoms. The van der Waals surface area contributed by atoms with E-state index in [1.165, 1.54) is 0 Å². The summed E-state index contributed by atoms with van der Waals surface area (Å²) in [5.41, 5.74) is 4.36. The molecule has 1 fully saturated rings. The van der Waals surface area contributed by atoms with Crippen LogP contribution in [0.2, 0.25) is 0 Å². The van der Waals surface area contributed by atoms with Crippen molar-refractivity contribution in [3.63, 3.8) is 0 Å². The second-order valence-corrected chi connectivity index (χ2v) is 8.05. The Morgan fingerprint density at radius 2 is 1.97 bits per heavy atom. The zero-order chi connectivity index (χ0) is 21.1. The molecule has 3 aromatic rings. The average Bonchev–Trinajstić information content (AvgIpc) is 3.04. The largest absolute Gasteiger partial charge is 0.379 e. The van der Waals surface area contributed by atoms with E-state index in [0.717, 1.165) is 60.8 Å². The van der Waals surface area contributed by atoms with E-state index in [-0.39, 0.29) is 11.9 Å². The summed E-state index contributed by atoms with van der Waals surface area (Å²) >= 11 is 0. The van der Waals surface area contributed by atoms with Crippen molar-refractivity contribution in [3.05, 3.63) is 59.0 Å². The van der Waals surface area contributed by atoms with Gasteiger partial charge in [-0.1, -0.05) is 18.2 Å². The summed E-state index contributed by atoms with van der Waals surface area (Å²) in [4.78, 5) is 20.3. The highest BCUT2D eigenvalue weighted by Gasteiger charge is 2.18. The summed E-state index contributed by atoms with van der Waals surface area (Å²) in [6.45, 7) is 10.7. The minimum atomic E-state index is -0.0658. The van der Waals surface area contributed by atoms with E-state index in [9.17, 15) is 4.79 Å². The maximum atomic E-state index is 13.2. The van der Waals surface area contributed by atoms with Gasteiger partial charge in [-0.05, 0) is 39.0 Å². The number of para-hydroxylation sites is 1. The van der Waals surface area contributed by atoms with Gasteiger partial charge in [-0.15, -0.1) is 0 Å². The number of benzene rings is 1. The number of amides is 1. The fourth-order valence-electron chi connectivity index (χ4n) is 4.01. The molecule has 4 rings (SSSR count). The molecule has 0 saturated carbocycles. The Balaban J connectivity index is 1.56. The van der Waals surface area contributed by atoms with Gasteiger partial charge in [-0.25, -0.2) is 0 Å². The van der Waals surface area contributed by atoms with Gasteiger partial charge >= 0.3 is 0 Å². The number of fused-ring (bicyclic) bond motifs is 1. The maximum Gasteiger partial charge on any atom is 0.252 e. The number of carbonyl (C=O) groups excluding carboxylic acids is 1. The number of aromatic nitrogens is 3. The van der Waals surface area contributed by atoms with Crippen molar-refractivity contribution >= 4 is 16.8 Å². The Morgan fingerprint density at radius 1 is 1.20 bits per heavy atom. The zero-order valence-corrected chi connectivity index (χ0v) is 17.9. The number of morpholine rings is 1. The van der Waals surface area contributed by atoms with E-state index in [4.69, 9.17) is 9.72 Å². The average molecular weight is 408 g/mol. The van der Waals surface area contributed by atoms with E-state index in [1.807, 2.05) is 61.9 Å². The van der Waals surface area contributed by atoms with Crippen LogP contribution in [-0.2, 0) is 11.3 Å². The molecule has 1 aromatic carbocycles. The van der Waals surface area contributed by atoms with Gasteiger partial charge in [-0.2, -0.15) is 5.10 Å². The van der Waals surface area contributed by atoms with Crippen molar-refractivity contribution in [2.45, 2.75) is 33.4 Å². The standard InChI is InChI=1S/C23H29N5O2/c1-16-12-18(3)28(26-16)15-19-13-21(20-6-4-5-7-22(20)25-19)23(29)24-17(2)14-27-8-10-30-11-9-27/h4-7,12-13,17H,8-11,14-15H2,1-3H3,(H,24,29)/t17-/m0/s1. The molecule has 0 radical (unpaired) electrons. The van der Waals surface area contributed by atoms with E-state index < -0.39 is 0 Å². The monoisotopic (exact) mass is 407 g/mol. The minimum absolute atomic E-state index is 0.0435. The van der Waals surface area contributed by atoms with Gasteiger partial charge in [0.1, 0.15) is 0 Å². The molecule has 7 nitrogen and oxygen atoms in total. The second kappa shape index (κ2) is 8.93. The van der Waals surface area contributed by atoms with Gasteiger partial charge in [0.25, 0.3) is 5.91 Å². The van der Waals surface area contributed by atoms with Crippen molar-refractivity contribution < 1.29 is 9.53 Å². The van der Waals surface area contributed by atoms with Crippen molar-refractivity contribution in [1.82, 2.24) is 25.0 Å². The number of nitrogens with zero attached hydrogens (tertiary/aromatic N) is 4. The Kier molecular flexibility index (Phi) is 6.11. The maximum absolute atomic E-state index is 13.2. The van der Waals surface area contributed by atoms with Crippen LogP contribution in [0.15, 0.2) is 36.4 Å². The molecule has 158 valence electrons. The van der Waals surface area contributed by atoms with Crippen molar-refractivity contribution in [1.29, 1.82) is 0 Å². The molecule has 1 aliphatic heterocycles. The Labute approximate surface area is 177 Å². The predicted molar refractivity (Wildman–Crippen MR) is 117 cm³/mol. The molecular weight excluding hydrogens is 378 g/mol. The van der Waals surface area contributed by atoms with Crippen LogP contribution in [0.4, 0.5) is 0 Å². The Morgan fingerprint density at radius 3 is 2.70 bits per heavy atom. The quantitative estimate of drug-likeness (QED) is 0.680. The number of ether oxygens (including phenoxy) is 1. The topological polar surface area (TPSA) is 72.3 Å². The van der Waals surface area contributed by atoms with Gasteiger partial charge in [0.15, 0.2) is 0 Å². The number of nitrogens with one attached hydrogen (secondary N) is 1. The molecule has 0 bridgehead atoms. The molecule has 2 aromatic heterocycles. The van der Waals surface area contributed by atoms with Crippen LogP contribution in [0.1, 0.15) is 34.4 Å². The molecule has 3 heterocycles. The lowest BCUT2D eigenvalue weighted by Gasteiger charge is -2.29. The number of pyridine rings is 1. The second-order valence-electron chi connectivity index (χ2n) is 8.05. The minimum Gasteiger partial charge on any atom is -0.379 e. The number of carbonyl (C=O) groups is 1. The lowest BCUT2D eigenvalue weighted by Crippen LogP contribution is -2.46. The summed E-state index contributed by atoms with van der Waals surface area (Å²) < 4.78 is 7.33. The van der Waals surface area contributed by atoms with E-state index >= 15 is 0 Å². The smallest absolute Gasteiger partial charge is 0.252 e. The molecule has 1 N–H and O–H groups in total. The first-order chi connectivity index (χ1) is 14.5. The van der Waals surface area contributed by atoms with Crippen LogP contribution in [0, 0.1) is 13.8 Å². The molecule has 0 aliphatic carbocycles. The van der Waals surface area contributed by atoms with Crippen molar-refractivity contribution in [2.24, 2.45) is 0 Å². The Hall–Kier alpha value is -2.77. The van der Waals surface area contributed by atoms with Crippen LogP contribution >= 0.6 is 0 Å². The number of hydrogen-bond donors (Lipinski definition) is 1. The third-order valence-corrected chi connectivity index (χ3v) is 5.44. The lowest BCUT2D eigenvalue weighted by atomic mass is 10.1. The number of aryl methyl sites for hydroxylation is 2. The van der Waals surface area contributed by atoms with E-state index in [1.54, 1.807) is 0 Å². The Bertz CT molecular complexity index is 1040. The predicted octanol–water partition coefficient (Wildman–Crippen LogP) is 2.55. The molecule has 0 spiro atoms. The molecule has 1 atom stereocenters. The van der Waals surface area contributed by atoms with Crippen LogP contribution in [0.25, 0.3) is 10.9 Å². The first kappa shape index (κ1) is 20.5. The number of hydrogen-bond acceptors (Lipinski definition) is 5. The van der Waals surface area contributed by atoms with Gasteiger partial charge < -0.3 is 10.1 Å². The number of rotatable bonds is 6. The third-order valence-electron chi connectivity index (χ3n) is 5.44. The summed E-state index contributed by atoms with van der Waals surface area (Å²) in [5, 5.41) is 8.57. The van der Waals surface area contributed by atoms with Crippen LogP contribution in [0.5, 0.6) is 0 Å². The normalized spacial score (nSPS) is 16.0. The van der Waals surface area contributed by atoms with Gasteiger partial charge in [0.05, 0.1) is 42.2 Å².